The van der Waals surface area contributed by atoms with Crippen LogP contribution < -0.4 is 5.73 Å². The smallest absolute Gasteiger partial charge is 0.326 e. The Kier molecular flexibility index (Phi) is 4.35. The first kappa shape index (κ1) is 14.9. The molecule has 2 N–H and O–H groups in total. The Labute approximate surface area is 117 Å². The zero-order valence-electron chi connectivity index (χ0n) is 10.2. The Hall–Kier alpha value is -1.53. The van der Waals surface area contributed by atoms with Crippen LogP contribution in [0.1, 0.15) is 11.1 Å². The van der Waals surface area contributed by atoms with Crippen molar-refractivity contribution >= 4 is 11.8 Å². The summed E-state index contributed by atoms with van der Waals surface area (Å²) < 4.78 is 50.9. The summed E-state index contributed by atoms with van der Waals surface area (Å²) in [5.74, 6) is -0.392. The Morgan fingerprint density at radius 1 is 1.05 bits per heavy atom. The molecule has 0 aliphatic heterocycles. The molecule has 0 atom stereocenters. The lowest BCUT2D eigenvalue weighted by Gasteiger charge is -2.12. The lowest BCUT2D eigenvalue weighted by molar-refractivity contribution is -0.137. The largest absolute Gasteiger partial charge is 0.416 e. The highest BCUT2D eigenvalue weighted by molar-refractivity contribution is 7.99. The van der Waals surface area contributed by atoms with Crippen LogP contribution in [0.3, 0.4) is 0 Å². The molecule has 2 aromatic carbocycles. The monoisotopic (exact) mass is 301 g/mol. The van der Waals surface area contributed by atoms with Gasteiger partial charge in [0.05, 0.1) is 5.56 Å². The van der Waals surface area contributed by atoms with Gasteiger partial charge in [0.1, 0.15) is 5.82 Å². The zero-order valence-corrected chi connectivity index (χ0v) is 11.1. The number of hydrogen-bond acceptors (Lipinski definition) is 2. The molecule has 0 aliphatic rings. The van der Waals surface area contributed by atoms with Crippen LogP contribution in [-0.2, 0) is 12.7 Å². The third-order valence-corrected chi connectivity index (χ3v) is 3.74. The van der Waals surface area contributed by atoms with Crippen LogP contribution in [0.15, 0.2) is 52.3 Å². The van der Waals surface area contributed by atoms with E-state index in [2.05, 4.69) is 0 Å². The average molecular weight is 301 g/mol. The molecule has 2 aromatic rings. The minimum atomic E-state index is -4.40. The van der Waals surface area contributed by atoms with Gasteiger partial charge in [-0.05, 0) is 42.0 Å². The normalized spacial score (nSPS) is 11.7. The van der Waals surface area contributed by atoms with Crippen molar-refractivity contribution in [2.45, 2.75) is 22.5 Å². The summed E-state index contributed by atoms with van der Waals surface area (Å²) >= 11 is 1.18. The zero-order chi connectivity index (χ0) is 14.8. The number of alkyl halides is 3. The molecular weight excluding hydrogens is 290 g/mol. The summed E-state index contributed by atoms with van der Waals surface area (Å²) in [6.07, 6.45) is -4.40. The standard InChI is InChI=1S/C14H11F4NS/c15-11-2-1-3-12(7-11)20-13-5-4-10(14(16,17)18)6-9(13)8-19/h1-7H,8,19H2. The fourth-order valence-electron chi connectivity index (χ4n) is 1.67. The van der Waals surface area contributed by atoms with Crippen molar-refractivity contribution in [3.8, 4) is 0 Å². The van der Waals surface area contributed by atoms with E-state index in [0.717, 1.165) is 12.1 Å². The summed E-state index contributed by atoms with van der Waals surface area (Å²) in [5.41, 5.74) is 5.14. The minimum absolute atomic E-state index is 0.0123. The maximum absolute atomic E-state index is 13.1. The van der Waals surface area contributed by atoms with E-state index in [-0.39, 0.29) is 6.54 Å². The predicted octanol–water partition coefficient (Wildman–Crippen LogP) is 4.45. The van der Waals surface area contributed by atoms with Crippen molar-refractivity contribution in [2.75, 3.05) is 0 Å². The van der Waals surface area contributed by atoms with E-state index in [1.807, 2.05) is 0 Å². The van der Waals surface area contributed by atoms with E-state index in [1.165, 1.54) is 30.0 Å². The molecule has 106 valence electrons. The fraction of sp³-hybridized carbons (Fsp3) is 0.143. The molecule has 0 saturated carbocycles. The van der Waals surface area contributed by atoms with E-state index in [0.29, 0.717) is 15.4 Å². The molecule has 0 bridgehead atoms. The first-order valence-corrected chi connectivity index (χ1v) is 6.55. The topological polar surface area (TPSA) is 26.0 Å². The maximum Gasteiger partial charge on any atom is 0.416 e. The van der Waals surface area contributed by atoms with Crippen LogP contribution >= 0.6 is 11.8 Å². The molecule has 0 heterocycles. The molecule has 0 radical (unpaired) electrons. The van der Waals surface area contributed by atoms with Gasteiger partial charge in [-0.25, -0.2) is 4.39 Å². The van der Waals surface area contributed by atoms with Crippen LogP contribution in [0.2, 0.25) is 0 Å². The molecule has 0 unspecified atom stereocenters. The maximum atomic E-state index is 13.1. The average Bonchev–Trinajstić information content (AvgIpc) is 2.38. The fourth-order valence-corrected chi connectivity index (χ4v) is 2.65. The van der Waals surface area contributed by atoms with E-state index < -0.39 is 17.6 Å². The quantitative estimate of drug-likeness (QED) is 0.847. The first-order valence-electron chi connectivity index (χ1n) is 5.74. The first-order chi connectivity index (χ1) is 9.40. The predicted molar refractivity (Wildman–Crippen MR) is 69.9 cm³/mol. The third-order valence-electron chi connectivity index (χ3n) is 2.63. The van der Waals surface area contributed by atoms with Gasteiger partial charge < -0.3 is 5.73 Å². The van der Waals surface area contributed by atoms with Gasteiger partial charge in [-0.3, -0.25) is 0 Å². The van der Waals surface area contributed by atoms with Gasteiger partial charge in [0, 0.05) is 16.3 Å². The van der Waals surface area contributed by atoms with Crippen LogP contribution in [0, 0.1) is 5.82 Å². The molecule has 2 rings (SSSR count). The van der Waals surface area contributed by atoms with Crippen LogP contribution in [-0.4, -0.2) is 0 Å². The lowest BCUT2D eigenvalue weighted by atomic mass is 10.1. The van der Waals surface area contributed by atoms with Gasteiger partial charge in [-0.15, -0.1) is 0 Å². The molecule has 6 heteroatoms. The summed E-state index contributed by atoms with van der Waals surface area (Å²) in [4.78, 5) is 1.20. The Bertz CT molecular complexity index is 610. The van der Waals surface area contributed by atoms with E-state index in [4.69, 9.17) is 5.73 Å². The minimum Gasteiger partial charge on any atom is -0.326 e. The highest BCUT2D eigenvalue weighted by Crippen LogP contribution is 2.35. The molecule has 0 amide bonds. The van der Waals surface area contributed by atoms with Crippen LogP contribution in [0.25, 0.3) is 0 Å². The number of nitrogens with two attached hydrogens (primary N) is 1. The third kappa shape index (κ3) is 3.52. The van der Waals surface area contributed by atoms with Crippen molar-refractivity contribution in [2.24, 2.45) is 5.73 Å². The molecule has 0 saturated heterocycles. The van der Waals surface area contributed by atoms with Crippen LogP contribution in [0.5, 0.6) is 0 Å². The highest BCUT2D eigenvalue weighted by Gasteiger charge is 2.30. The van der Waals surface area contributed by atoms with Crippen molar-refractivity contribution in [3.63, 3.8) is 0 Å². The lowest BCUT2D eigenvalue weighted by Crippen LogP contribution is -2.07. The number of halogens is 4. The molecular formula is C14H11F4NS. The van der Waals surface area contributed by atoms with E-state index in [9.17, 15) is 17.6 Å². The second-order valence-corrected chi connectivity index (χ2v) is 5.20. The second kappa shape index (κ2) is 5.85. The molecule has 0 spiro atoms. The Morgan fingerprint density at radius 2 is 1.80 bits per heavy atom. The highest BCUT2D eigenvalue weighted by atomic mass is 32.2. The molecule has 0 fully saturated rings. The van der Waals surface area contributed by atoms with Gasteiger partial charge in [0.25, 0.3) is 0 Å². The summed E-state index contributed by atoms with van der Waals surface area (Å²) in [6.45, 7) is -0.0123. The second-order valence-electron chi connectivity index (χ2n) is 4.08. The number of rotatable bonds is 3. The molecule has 0 aromatic heterocycles. The van der Waals surface area contributed by atoms with Gasteiger partial charge in [0.15, 0.2) is 0 Å². The van der Waals surface area contributed by atoms with Crippen molar-refractivity contribution in [1.29, 1.82) is 0 Å². The Morgan fingerprint density at radius 3 is 2.40 bits per heavy atom. The molecule has 0 aliphatic carbocycles. The Balaban J connectivity index is 2.33. The summed E-state index contributed by atoms with van der Waals surface area (Å²) in [6, 6.07) is 9.25. The summed E-state index contributed by atoms with van der Waals surface area (Å²) in [7, 11) is 0. The van der Waals surface area contributed by atoms with Crippen molar-refractivity contribution in [1.82, 2.24) is 0 Å². The van der Waals surface area contributed by atoms with Gasteiger partial charge in [-0.2, -0.15) is 13.2 Å². The van der Waals surface area contributed by atoms with Gasteiger partial charge in [-0.1, -0.05) is 17.8 Å². The SMILES string of the molecule is NCc1cc(C(F)(F)F)ccc1Sc1cccc(F)c1. The van der Waals surface area contributed by atoms with Gasteiger partial charge >= 0.3 is 6.18 Å². The molecule has 20 heavy (non-hydrogen) atoms. The van der Waals surface area contributed by atoms with E-state index >= 15 is 0 Å². The number of hydrogen-bond donors (Lipinski definition) is 1. The summed E-state index contributed by atoms with van der Waals surface area (Å²) in [5, 5.41) is 0. The van der Waals surface area contributed by atoms with Gasteiger partial charge in [0.2, 0.25) is 0 Å². The van der Waals surface area contributed by atoms with Crippen LogP contribution in [0.4, 0.5) is 17.6 Å². The number of benzene rings is 2. The van der Waals surface area contributed by atoms with E-state index in [1.54, 1.807) is 12.1 Å². The molecule has 1 nitrogen and oxygen atoms in total. The van der Waals surface area contributed by atoms with Crippen molar-refractivity contribution in [3.05, 3.63) is 59.4 Å². The van der Waals surface area contributed by atoms with Crippen molar-refractivity contribution < 1.29 is 17.6 Å².